The summed E-state index contributed by atoms with van der Waals surface area (Å²) in [4.78, 5) is 12.4. The lowest BCUT2D eigenvalue weighted by Gasteiger charge is -2.15. The van der Waals surface area contributed by atoms with E-state index in [0.717, 1.165) is 23.1 Å². The number of hydrogen-bond acceptors (Lipinski definition) is 5. The molecule has 2 aliphatic rings. The number of rotatable bonds is 4. The molecular weight excluding hydrogens is 426 g/mol. The maximum absolute atomic E-state index is 6.58. The zero-order valence-corrected chi connectivity index (χ0v) is 18.3. The van der Waals surface area contributed by atoms with Crippen LogP contribution in [-0.4, -0.2) is 46.5 Å². The molecule has 3 atom stereocenters. The molecule has 4 aromatic rings. The van der Waals surface area contributed by atoms with Gasteiger partial charge in [-0.25, -0.2) is 4.98 Å². The highest BCUT2D eigenvalue weighted by Crippen LogP contribution is 2.33. The zero-order chi connectivity index (χ0) is 21.7. The molecule has 32 heavy (non-hydrogen) atoms. The fourth-order valence-electron chi connectivity index (χ4n) is 4.53. The lowest BCUT2D eigenvalue weighted by molar-refractivity contribution is 0.0273. The first-order valence-corrected chi connectivity index (χ1v) is 11.2. The van der Waals surface area contributed by atoms with Gasteiger partial charge >= 0.3 is 0 Å². The molecule has 0 spiro atoms. The standard InChI is InChI=1S/C25H22ClN3O3/c1-14-4-2-3-5-17(14)15-6-8-16(9-7-15)22-18(26)12-19-24(28-22)29-25(27-19)32-21-13-31-20-10-11-30-23(20)21/h2-9,12,20-21,23H,10-11,13H2,1H3,(H,27,28,29)/t20-,21?,23+/m1/s1. The van der Waals surface area contributed by atoms with Gasteiger partial charge in [0.1, 0.15) is 6.10 Å². The van der Waals surface area contributed by atoms with Crippen molar-refractivity contribution >= 4 is 22.8 Å². The maximum atomic E-state index is 6.58. The molecule has 0 bridgehead atoms. The number of hydrogen-bond donors (Lipinski definition) is 1. The Hall–Kier alpha value is -2.93. The van der Waals surface area contributed by atoms with Crippen molar-refractivity contribution in [2.24, 2.45) is 0 Å². The van der Waals surface area contributed by atoms with E-state index in [1.165, 1.54) is 11.1 Å². The van der Waals surface area contributed by atoms with Gasteiger partial charge in [0.2, 0.25) is 0 Å². The largest absolute Gasteiger partial charge is 0.456 e. The normalized spacial score (nSPS) is 22.4. The van der Waals surface area contributed by atoms with E-state index in [1.807, 2.05) is 24.3 Å². The minimum atomic E-state index is -0.174. The van der Waals surface area contributed by atoms with Gasteiger partial charge in [-0.3, -0.25) is 0 Å². The minimum Gasteiger partial charge on any atom is -0.456 e. The maximum Gasteiger partial charge on any atom is 0.296 e. The number of H-pyrrole nitrogens is 1. The molecule has 7 heteroatoms. The van der Waals surface area contributed by atoms with Crippen LogP contribution in [0.4, 0.5) is 0 Å². The summed E-state index contributed by atoms with van der Waals surface area (Å²) in [5.74, 6) is 0. The highest BCUT2D eigenvalue weighted by atomic mass is 35.5. The Kier molecular flexibility index (Phi) is 4.86. The fraction of sp³-hybridized carbons (Fsp3) is 0.280. The third-order valence-corrected chi connectivity index (χ3v) is 6.49. The predicted molar refractivity (Wildman–Crippen MR) is 123 cm³/mol. The quantitative estimate of drug-likeness (QED) is 0.466. The molecule has 0 saturated carbocycles. The van der Waals surface area contributed by atoms with Gasteiger partial charge in [0.05, 0.1) is 28.9 Å². The van der Waals surface area contributed by atoms with Gasteiger partial charge in [-0.05, 0) is 36.1 Å². The third kappa shape index (κ3) is 3.45. The van der Waals surface area contributed by atoms with Crippen LogP contribution >= 0.6 is 11.6 Å². The predicted octanol–water partition coefficient (Wildman–Crippen LogP) is 5.19. The van der Waals surface area contributed by atoms with Gasteiger partial charge in [0.15, 0.2) is 11.8 Å². The van der Waals surface area contributed by atoms with Crippen LogP contribution in [0.25, 0.3) is 33.5 Å². The summed E-state index contributed by atoms with van der Waals surface area (Å²) in [6.07, 6.45) is 0.814. The molecule has 0 amide bonds. The number of aromatic amines is 1. The molecule has 1 N–H and O–H groups in total. The summed E-state index contributed by atoms with van der Waals surface area (Å²) >= 11 is 6.58. The molecular formula is C25H22ClN3O3. The number of fused-ring (bicyclic) bond motifs is 2. The Morgan fingerprint density at radius 1 is 1.03 bits per heavy atom. The second-order valence-corrected chi connectivity index (χ2v) is 8.68. The van der Waals surface area contributed by atoms with Crippen molar-refractivity contribution < 1.29 is 14.2 Å². The highest BCUT2D eigenvalue weighted by molar-refractivity contribution is 6.33. The summed E-state index contributed by atoms with van der Waals surface area (Å²) in [7, 11) is 0. The van der Waals surface area contributed by atoms with Crippen molar-refractivity contribution in [2.75, 3.05) is 13.2 Å². The van der Waals surface area contributed by atoms with Gasteiger partial charge < -0.3 is 19.2 Å². The van der Waals surface area contributed by atoms with E-state index in [9.17, 15) is 0 Å². The second-order valence-electron chi connectivity index (χ2n) is 8.28. The van der Waals surface area contributed by atoms with Crippen LogP contribution in [0.5, 0.6) is 6.01 Å². The topological polar surface area (TPSA) is 69.3 Å². The smallest absolute Gasteiger partial charge is 0.296 e. The van der Waals surface area contributed by atoms with Crippen LogP contribution in [-0.2, 0) is 9.47 Å². The molecule has 0 radical (unpaired) electrons. The number of imidazole rings is 1. The number of aromatic nitrogens is 3. The Morgan fingerprint density at radius 2 is 1.84 bits per heavy atom. The summed E-state index contributed by atoms with van der Waals surface area (Å²) < 4.78 is 17.5. The van der Waals surface area contributed by atoms with Crippen LogP contribution < -0.4 is 4.74 Å². The lowest BCUT2D eigenvalue weighted by atomic mass is 9.99. The summed E-state index contributed by atoms with van der Waals surface area (Å²) in [6, 6.07) is 18.9. The first-order chi connectivity index (χ1) is 15.7. The number of nitrogens with one attached hydrogen (secondary N) is 1. The highest BCUT2D eigenvalue weighted by Gasteiger charge is 2.43. The van der Waals surface area contributed by atoms with E-state index >= 15 is 0 Å². The Morgan fingerprint density at radius 3 is 2.69 bits per heavy atom. The van der Waals surface area contributed by atoms with Gasteiger partial charge in [0.25, 0.3) is 6.01 Å². The van der Waals surface area contributed by atoms with Crippen LogP contribution in [0.15, 0.2) is 54.6 Å². The molecule has 6 rings (SSSR count). The molecule has 2 aromatic heterocycles. The Labute approximate surface area is 190 Å². The van der Waals surface area contributed by atoms with Crippen LogP contribution in [0, 0.1) is 6.92 Å². The molecule has 1 unspecified atom stereocenters. The van der Waals surface area contributed by atoms with Crippen molar-refractivity contribution in [2.45, 2.75) is 31.7 Å². The van der Waals surface area contributed by atoms with E-state index in [-0.39, 0.29) is 18.3 Å². The van der Waals surface area contributed by atoms with Crippen molar-refractivity contribution in [3.8, 4) is 28.4 Å². The van der Waals surface area contributed by atoms with Crippen LogP contribution in [0.1, 0.15) is 12.0 Å². The summed E-state index contributed by atoms with van der Waals surface area (Å²) in [6.45, 7) is 3.32. The number of nitrogens with zero attached hydrogens (tertiary/aromatic N) is 2. The third-order valence-electron chi connectivity index (χ3n) is 6.20. The minimum absolute atomic E-state index is 0.0397. The molecule has 2 aromatic carbocycles. The van der Waals surface area contributed by atoms with Crippen LogP contribution in [0.2, 0.25) is 5.02 Å². The van der Waals surface area contributed by atoms with Crippen molar-refractivity contribution in [3.63, 3.8) is 0 Å². The number of benzene rings is 2. The average molecular weight is 448 g/mol. The first-order valence-electron chi connectivity index (χ1n) is 10.8. The number of aryl methyl sites for hydroxylation is 1. The van der Waals surface area contributed by atoms with E-state index in [1.54, 1.807) is 0 Å². The monoisotopic (exact) mass is 447 g/mol. The van der Waals surface area contributed by atoms with E-state index in [2.05, 4.69) is 47.2 Å². The van der Waals surface area contributed by atoms with E-state index in [4.69, 9.17) is 30.8 Å². The first kappa shape index (κ1) is 19.7. The molecule has 6 nitrogen and oxygen atoms in total. The van der Waals surface area contributed by atoms with Crippen molar-refractivity contribution in [3.05, 3.63) is 65.2 Å². The molecule has 162 valence electrons. The van der Waals surface area contributed by atoms with Gasteiger partial charge in [0, 0.05) is 12.2 Å². The average Bonchev–Trinajstić information content (AvgIpc) is 3.51. The zero-order valence-electron chi connectivity index (χ0n) is 17.5. The second kappa shape index (κ2) is 7.89. The SMILES string of the molecule is Cc1ccccc1-c1ccc(-c2nc3nc(OC4CO[C@@H]5CCO[C@H]45)[nH]c3cc2Cl)cc1. The van der Waals surface area contributed by atoms with Crippen molar-refractivity contribution in [1.82, 2.24) is 15.0 Å². The molecule has 2 fully saturated rings. The molecule has 0 aliphatic carbocycles. The van der Waals surface area contributed by atoms with Crippen LogP contribution in [0.3, 0.4) is 0 Å². The van der Waals surface area contributed by atoms with Gasteiger partial charge in [-0.15, -0.1) is 0 Å². The number of halogens is 1. The number of pyridine rings is 1. The molecule has 4 heterocycles. The molecule has 2 saturated heterocycles. The molecule has 2 aliphatic heterocycles. The fourth-order valence-corrected chi connectivity index (χ4v) is 4.79. The van der Waals surface area contributed by atoms with Crippen molar-refractivity contribution in [1.29, 1.82) is 0 Å². The summed E-state index contributed by atoms with van der Waals surface area (Å²) in [5, 5.41) is 0.555. The van der Waals surface area contributed by atoms with Gasteiger partial charge in [-0.2, -0.15) is 4.98 Å². The van der Waals surface area contributed by atoms with E-state index in [0.29, 0.717) is 35.6 Å². The lowest BCUT2D eigenvalue weighted by Crippen LogP contribution is -2.32. The summed E-state index contributed by atoms with van der Waals surface area (Å²) in [5.41, 5.74) is 6.53. The van der Waals surface area contributed by atoms with E-state index < -0.39 is 0 Å². The Balaban J connectivity index is 1.28. The van der Waals surface area contributed by atoms with Gasteiger partial charge in [-0.1, -0.05) is 60.1 Å². The Bertz CT molecular complexity index is 1290. The number of ether oxygens (including phenoxy) is 3.